The van der Waals surface area contributed by atoms with Crippen molar-refractivity contribution in [1.82, 2.24) is 15.4 Å². The summed E-state index contributed by atoms with van der Waals surface area (Å²) in [6, 6.07) is 0. The predicted octanol–water partition coefficient (Wildman–Crippen LogP) is -2.72. The number of hydrogen-bond acceptors (Lipinski definition) is 9. The van der Waals surface area contributed by atoms with Crippen molar-refractivity contribution in [3.63, 3.8) is 0 Å². The van der Waals surface area contributed by atoms with Gasteiger partial charge in [-0.2, -0.15) is 0 Å². The molecule has 118 valence electrons. The van der Waals surface area contributed by atoms with Crippen LogP contribution in [0, 0.1) is 0 Å². The molecule has 0 unspecified atom stereocenters. The Hall–Kier alpha value is -2.24. The minimum atomic E-state index is -1.15. The number of rotatable bonds is 4. The third-order valence-electron chi connectivity index (χ3n) is 2.47. The summed E-state index contributed by atoms with van der Waals surface area (Å²) in [5.41, 5.74) is 1.68. The first-order valence-electron chi connectivity index (χ1n) is 5.89. The van der Waals surface area contributed by atoms with Crippen LogP contribution >= 0.6 is 0 Å². The molecule has 0 aromatic heterocycles. The fourth-order valence-electron chi connectivity index (χ4n) is 1.64. The normalized spacial score (nSPS) is 19.2. The van der Waals surface area contributed by atoms with Crippen molar-refractivity contribution in [1.29, 1.82) is 0 Å². The number of carbonyl (C=O) groups excluding carboxylic acids is 2. The number of nitrogens with one attached hydrogen (secondary N) is 1. The second-order valence-electron chi connectivity index (χ2n) is 4.24. The average molecular weight is 305 g/mol. The Bertz CT molecular complexity index is 389. The van der Waals surface area contributed by atoms with Gasteiger partial charge in [0.2, 0.25) is 0 Å². The highest BCUT2D eigenvalue weighted by Crippen LogP contribution is 1.97. The first kappa shape index (κ1) is 16.8. The van der Waals surface area contributed by atoms with E-state index < -0.39 is 37.0 Å². The first-order chi connectivity index (χ1) is 9.86. The Morgan fingerprint density at radius 2 is 1.33 bits per heavy atom. The summed E-state index contributed by atoms with van der Waals surface area (Å²) in [4.78, 5) is 55.4. The molecule has 1 aliphatic rings. The summed E-state index contributed by atoms with van der Waals surface area (Å²) in [6.07, 6.45) is 0. The lowest BCUT2D eigenvalue weighted by Gasteiger charge is -2.23. The SMILES string of the molecule is O=C(O)CN1CCN(CC(=O)O)CC(=O)ONOC(=O)C1. The quantitative estimate of drug-likeness (QED) is 0.497. The molecule has 0 bridgehead atoms. The van der Waals surface area contributed by atoms with Crippen molar-refractivity contribution in [3.05, 3.63) is 0 Å². The molecule has 0 saturated carbocycles. The van der Waals surface area contributed by atoms with Crippen LogP contribution in [0.15, 0.2) is 0 Å². The smallest absolute Gasteiger partial charge is 0.342 e. The molecule has 0 radical (unpaired) electrons. The van der Waals surface area contributed by atoms with Gasteiger partial charge in [0.15, 0.2) is 0 Å². The van der Waals surface area contributed by atoms with Crippen LogP contribution in [0.5, 0.6) is 0 Å². The minimum absolute atomic E-state index is 0.0714. The highest BCUT2D eigenvalue weighted by molar-refractivity contribution is 5.75. The molecule has 3 N–H and O–H groups in total. The maximum atomic E-state index is 11.4. The third-order valence-corrected chi connectivity index (χ3v) is 2.47. The number of nitrogens with zero attached hydrogens (tertiary/aromatic N) is 2. The van der Waals surface area contributed by atoms with Crippen molar-refractivity contribution in [2.45, 2.75) is 0 Å². The highest BCUT2D eigenvalue weighted by Gasteiger charge is 2.21. The third kappa shape index (κ3) is 7.20. The maximum Gasteiger partial charge on any atom is 0.342 e. The van der Waals surface area contributed by atoms with Gasteiger partial charge in [0.25, 0.3) is 0 Å². The zero-order chi connectivity index (χ0) is 15.8. The summed E-state index contributed by atoms with van der Waals surface area (Å²) < 4.78 is 0. The topological polar surface area (TPSA) is 146 Å². The lowest BCUT2D eigenvalue weighted by Crippen LogP contribution is -2.43. The number of carboxylic acid groups (broad SMARTS) is 2. The van der Waals surface area contributed by atoms with Crippen molar-refractivity contribution >= 4 is 23.9 Å². The van der Waals surface area contributed by atoms with Gasteiger partial charge in [-0.05, 0) is 0 Å². The van der Waals surface area contributed by atoms with Crippen LogP contribution in [-0.4, -0.2) is 83.2 Å². The molecule has 0 aromatic rings. The fourth-order valence-corrected chi connectivity index (χ4v) is 1.64. The van der Waals surface area contributed by atoms with E-state index >= 15 is 0 Å². The van der Waals surface area contributed by atoms with E-state index in [4.69, 9.17) is 10.2 Å². The molecule has 0 amide bonds. The van der Waals surface area contributed by atoms with E-state index in [1.54, 1.807) is 5.64 Å². The van der Waals surface area contributed by atoms with Crippen molar-refractivity contribution < 1.29 is 39.1 Å². The molecule has 1 fully saturated rings. The summed E-state index contributed by atoms with van der Waals surface area (Å²) in [6.45, 7) is -1.41. The van der Waals surface area contributed by atoms with E-state index in [1.807, 2.05) is 0 Å². The van der Waals surface area contributed by atoms with Crippen LogP contribution in [-0.2, 0) is 28.9 Å². The molecule has 21 heavy (non-hydrogen) atoms. The number of hydrogen-bond donors (Lipinski definition) is 3. The van der Waals surface area contributed by atoms with E-state index in [9.17, 15) is 19.2 Å². The number of aliphatic carboxylic acids is 2. The van der Waals surface area contributed by atoms with Gasteiger partial charge < -0.3 is 19.9 Å². The van der Waals surface area contributed by atoms with Gasteiger partial charge in [0, 0.05) is 18.7 Å². The Morgan fingerprint density at radius 3 is 1.67 bits per heavy atom. The van der Waals surface area contributed by atoms with E-state index in [0.717, 1.165) is 0 Å². The van der Waals surface area contributed by atoms with Gasteiger partial charge in [-0.15, -0.1) is 0 Å². The van der Waals surface area contributed by atoms with E-state index in [0.29, 0.717) is 0 Å². The molecule has 1 saturated heterocycles. The van der Waals surface area contributed by atoms with Crippen molar-refractivity contribution in [3.8, 4) is 0 Å². The fraction of sp³-hybridized carbons (Fsp3) is 0.600. The molecule has 11 heteroatoms. The lowest BCUT2D eigenvalue weighted by molar-refractivity contribution is -0.198. The van der Waals surface area contributed by atoms with Crippen LogP contribution in [0.3, 0.4) is 0 Å². The maximum absolute atomic E-state index is 11.4. The second-order valence-corrected chi connectivity index (χ2v) is 4.24. The molecule has 0 aromatic carbocycles. The van der Waals surface area contributed by atoms with E-state index in [-0.39, 0.29) is 26.2 Å². The number of carbonyl (C=O) groups is 4. The molecule has 0 aliphatic carbocycles. The molecule has 1 heterocycles. The van der Waals surface area contributed by atoms with E-state index in [1.165, 1.54) is 9.80 Å². The van der Waals surface area contributed by atoms with Crippen LogP contribution in [0.2, 0.25) is 0 Å². The number of carboxylic acids is 2. The van der Waals surface area contributed by atoms with Crippen molar-refractivity contribution in [2.75, 3.05) is 39.3 Å². The molecule has 1 rings (SSSR count). The summed E-state index contributed by atoms with van der Waals surface area (Å²) in [5, 5.41) is 17.5. The summed E-state index contributed by atoms with van der Waals surface area (Å²) in [7, 11) is 0. The second kappa shape index (κ2) is 8.14. The van der Waals surface area contributed by atoms with Crippen LogP contribution in [0.25, 0.3) is 0 Å². The first-order valence-corrected chi connectivity index (χ1v) is 5.89. The Labute approximate surface area is 118 Å². The van der Waals surface area contributed by atoms with Gasteiger partial charge in [0.1, 0.15) is 0 Å². The van der Waals surface area contributed by atoms with E-state index in [2.05, 4.69) is 9.68 Å². The monoisotopic (exact) mass is 305 g/mol. The Balaban J connectivity index is 2.74. The Kier molecular flexibility index (Phi) is 6.52. The van der Waals surface area contributed by atoms with Gasteiger partial charge in [-0.1, -0.05) is 0 Å². The Morgan fingerprint density at radius 1 is 0.952 bits per heavy atom. The van der Waals surface area contributed by atoms with Gasteiger partial charge in [-0.3, -0.25) is 19.4 Å². The lowest BCUT2D eigenvalue weighted by atomic mass is 10.4. The molecule has 11 nitrogen and oxygen atoms in total. The predicted molar refractivity (Wildman–Crippen MR) is 63.5 cm³/mol. The summed E-state index contributed by atoms with van der Waals surface area (Å²) in [5.74, 6) is -3.98. The van der Waals surface area contributed by atoms with Crippen LogP contribution < -0.4 is 5.64 Å². The molecular formula is C10H15N3O8. The highest BCUT2D eigenvalue weighted by atomic mass is 16.9. The molecule has 0 atom stereocenters. The molecule has 0 spiro atoms. The summed E-state index contributed by atoms with van der Waals surface area (Å²) >= 11 is 0. The van der Waals surface area contributed by atoms with Crippen LogP contribution in [0.4, 0.5) is 0 Å². The zero-order valence-electron chi connectivity index (χ0n) is 11.0. The molecule has 1 aliphatic heterocycles. The molecular weight excluding hydrogens is 290 g/mol. The standard InChI is InChI=1S/C10H15N3O8/c14-7(15)3-12-1-2-13(4-8(16)17)6-10(19)21-11-20-9(18)5-12/h11H,1-6H2,(H,14,15)(H,16,17). The largest absolute Gasteiger partial charge is 0.480 e. The minimum Gasteiger partial charge on any atom is -0.480 e. The van der Waals surface area contributed by atoms with Gasteiger partial charge >= 0.3 is 23.9 Å². The van der Waals surface area contributed by atoms with Crippen molar-refractivity contribution in [2.24, 2.45) is 0 Å². The average Bonchev–Trinajstić information content (AvgIpc) is 2.35. The zero-order valence-corrected chi connectivity index (χ0v) is 11.0. The van der Waals surface area contributed by atoms with Gasteiger partial charge in [0.05, 0.1) is 26.2 Å². The van der Waals surface area contributed by atoms with Crippen LogP contribution in [0.1, 0.15) is 0 Å². The van der Waals surface area contributed by atoms with Gasteiger partial charge in [-0.25, -0.2) is 9.59 Å².